The highest BCUT2D eigenvalue weighted by Gasteiger charge is 2.03. The first-order valence-electron chi connectivity index (χ1n) is 5.50. The molecule has 1 nitrogen and oxygen atoms in total. The Morgan fingerprint density at radius 1 is 1.20 bits per heavy atom. The summed E-state index contributed by atoms with van der Waals surface area (Å²) in [7, 11) is 0. The molecule has 0 aliphatic carbocycles. The second kappa shape index (κ2) is 7.52. The average molecular weight is 222 g/mol. The van der Waals surface area contributed by atoms with Gasteiger partial charge in [-0.15, -0.1) is 0 Å². The fourth-order valence-corrected chi connectivity index (χ4v) is 2.23. The lowest BCUT2D eigenvalue weighted by atomic mass is 10.2. The van der Waals surface area contributed by atoms with E-state index in [1.54, 1.807) is 11.8 Å². The van der Waals surface area contributed by atoms with Gasteiger partial charge in [-0.3, -0.25) is 4.79 Å². The van der Waals surface area contributed by atoms with E-state index in [9.17, 15) is 4.79 Å². The molecule has 0 unspecified atom stereocenters. The van der Waals surface area contributed by atoms with E-state index in [1.807, 2.05) is 30.3 Å². The molecule has 0 saturated heterocycles. The van der Waals surface area contributed by atoms with Gasteiger partial charge in [-0.25, -0.2) is 0 Å². The van der Waals surface area contributed by atoms with Gasteiger partial charge in [0.05, 0.1) is 5.75 Å². The van der Waals surface area contributed by atoms with E-state index >= 15 is 0 Å². The number of unbranched alkanes of at least 4 members (excludes halogenated alkanes) is 2. The van der Waals surface area contributed by atoms with Gasteiger partial charge in [0, 0.05) is 5.56 Å². The molecule has 0 N–H and O–H groups in total. The molecule has 0 bridgehead atoms. The van der Waals surface area contributed by atoms with Gasteiger partial charge in [0.2, 0.25) is 0 Å². The van der Waals surface area contributed by atoms with Crippen molar-refractivity contribution in [3.63, 3.8) is 0 Å². The third-order valence-electron chi connectivity index (χ3n) is 2.22. The largest absolute Gasteiger partial charge is 0.293 e. The molecule has 0 aliphatic rings. The van der Waals surface area contributed by atoms with Crippen LogP contribution in [0, 0.1) is 0 Å². The van der Waals surface area contributed by atoms with E-state index in [1.165, 1.54) is 19.3 Å². The maximum absolute atomic E-state index is 11.7. The Hall–Kier alpha value is -0.760. The lowest BCUT2D eigenvalue weighted by Gasteiger charge is -2.00. The molecule has 1 aromatic carbocycles. The second-order valence-corrected chi connectivity index (χ2v) is 4.65. The smallest absolute Gasteiger partial charge is 0.172 e. The first-order chi connectivity index (χ1) is 7.34. The standard InChI is InChI=1S/C13H18OS/c1-2-3-7-10-15-11-13(14)12-8-5-4-6-9-12/h4-6,8-9H,2-3,7,10-11H2,1H3. The third kappa shape index (κ3) is 5.03. The Labute approximate surface area is 96.3 Å². The highest BCUT2D eigenvalue weighted by Crippen LogP contribution is 2.09. The molecule has 2 heteroatoms. The van der Waals surface area contributed by atoms with Crippen molar-refractivity contribution in [1.82, 2.24) is 0 Å². The van der Waals surface area contributed by atoms with Crippen LogP contribution in [0.15, 0.2) is 30.3 Å². The molecule has 0 fully saturated rings. The molecular formula is C13H18OS. The number of hydrogen-bond donors (Lipinski definition) is 0. The molecule has 0 saturated carbocycles. The summed E-state index contributed by atoms with van der Waals surface area (Å²) < 4.78 is 0. The molecule has 0 atom stereocenters. The topological polar surface area (TPSA) is 17.1 Å². The lowest BCUT2D eigenvalue weighted by molar-refractivity contribution is 0.102. The van der Waals surface area contributed by atoms with Crippen LogP contribution in [0.4, 0.5) is 0 Å². The molecular weight excluding hydrogens is 204 g/mol. The maximum Gasteiger partial charge on any atom is 0.172 e. The first kappa shape index (κ1) is 12.3. The fourth-order valence-electron chi connectivity index (χ4n) is 1.33. The van der Waals surface area contributed by atoms with Gasteiger partial charge in [0.1, 0.15) is 0 Å². The summed E-state index contributed by atoms with van der Waals surface area (Å²) in [5.74, 6) is 1.97. The van der Waals surface area contributed by atoms with E-state index in [-0.39, 0.29) is 5.78 Å². The molecule has 15 heavy (non-hydrogen) atoms. The molecule has 0 radical (unpaired) electrons. The maximum atomic E-state index is 11.7. The number of benzene rings is 1. The Kier molecular flexibility index (Phi) is 6.17. The zero-order valence-corrected chi connectivity index (χ0v) is 10.1. The number of ketones is 1. The quantitative estimate of drug-likeness (QED) is 0.515. The minimum absolute atomic E-state index is 0.247. The summed E-state index contributed by atoms with van der Waals surface area (Å²) in [6.45, 7) is 2.19. The summed E-state index contributed by atoms with van der Waals surface area (Å²) in [6, 6.07) is 9.53. The Morgan fingerprint density at radius 2 is 1.93 bits per heavy atom. The van der Waals surface area contributed by atoms with Crippen molar-refractivity contribution in [2.75, 3.05) is 11.5 Å². The zero-order chi connectivity index (χ0) is 10.9. The molecule has 1 rings (SSSR count). The van der Waals surface area contributed by atoms with Gasteiger partial charge in [-0.2, -0.15) is 11.8 Å². The number of rotatable bonds is 7. The zero-order valence-electron chi connectivity index (χ0n) is 9.24. The summed E-state index contributed by atoms with van der Waals surface area (Å²) in [5, 5.41) is 0. The van der Waals surface area contributed by atoms with Gasteiger partial charge in [0.15, 0.2) is 5.78 Å². The van der Waals surface area contributed by atoms with Crippen LogP contribution in [0.25, 0.3) is 0 Å². The van der Waals surface area contributed by atoms with Crippen LogP contribution in [-0.4, -0.2) is 17.3 Å². The second-order valence-electron chi connectivity index (χ2n) is 3.55. The fraction of sp³-hybridized carbons (Fsp3) is 0.462. The van der Waals surface area contributed by atoms with Crippen LogP contribution in [0.5, 0.6) is 0 Å². The molecule has 0 aliphatic heterocycles. The van der Waals surface area contributed by atoms with Crippen molar-refractivity contribution < 1.29 is 4.79 Å². The Balaban J connectivity index is 2.20. The van der Waals surface area contributed by atoms with Crippen molar-refractivity contribution in [1.29, 1.82) is 0 Å². The summed E-state index contributed by atoms with van der Waals surface area (Å²) in [5.41, 5.74) is 0.834. The number of Topliss-reactive ketones (excluding diaryl/α,β-unsaturated/α-hetero) is 1. The van der Waals surface area contributed by atoms with Crippen LogP contribution >= 0.6 is 11.8 Å². The van der Waals surface area contributed by atoms with Crippen molar-refractivity contribution in [2.45, 2.75) is 26.2 Å². The van der Waals surface area contributed by atoms with E-state index < -0.39 is 0 Å². The van der Waals surface area contributed by atoms with Crippen molar-refractivity contribution in [3.8, 4) is 0 Å². The third-order valence-corrected chi connectivity index (χ3v) is 3.26. The van der Waals surface area contributed by atoms with Gasteiger partial charge in [-0.1, -0.05) is 50.1 Å². The van der Waals surface area contributed by atoms with Crippen LogP contribution in [-0.2, 0) is 0 Å². The molecule has 0 aromatic heterocycles. The van der Waals surface area contributed by atoms with E-state index in [2.05, 4.69) is 6.92 Å². The van der Waals surface area contributed by atoms with Crippen LogP contribution in [0.3, 0.4) is 0 Å². The first-order valence-corrected chi connectivity index (χ1v) is 6.66. The van der Waals surface area contributed by atoms with Gasteiger partial charge in [-0.05, 0) is 12.2 Å². The lowest BCUT2D eigenvalue weighted by Crippen LogP contribution is -2.02. The van der Waals surface area contributed by atoms with Crippen molar-refractivity contribution >= 4 is 17.5 Å². The summed E-state index contributed by atoms with van der Waals surface area (Å²) in [4.78, 5) is 11.7. The van der Waals surface area contributed by atoms with Crippen LogP contribution in [0.1, 0.15) is 36.5 Å². The SMILES string of the molecule is CCCCCSCC(=O)c1ccccc1. The summed E-state index contributed by atoms with van der Waals surface area (Å²) >= 11 is 1.75. The molecule has 0 spiro atoms. The highest BCUT2D eigenvalue weighted by atomic mass is 32.2. The predicted molar refractivity (Wildman–Crippen MR) is 67.6 cm³/mol. The number of carbonyl (C=O) groups is 1. The molecule has 82 valence electrons. The van der Waals surface area contributed by atoms with Gasteiger partial charge in [0.25, 0.3) is 0 Å². The van der Waals surface area contributed by atoms with E-state index in [0.29, 0.717) is 5.75 Å². The predicted octanol–water partition coefficient (Wildman–Crippen LogP) is 3.79. The monoisotopic (exact) mass is 222 g/mol. The Bertz CT molecular complexity index is 282. The molecule has 0 heterocycles. The van der Waals surface area contributed by atoms with Crippen LogP contribution in [0.2, 0.25) is 0 Å². The highest BCUT2D eigenvalue weighted by molar-refractivity contribution is 7.99. The number of carbonyl (C=O) groups excluding carboxylic acids is 1. The number of hydrogen-bond acceptors (Lipinski definition) is 2. The van der Waals surface area contributed by atoms with Crippen molar-refractivity contribution in [2.24, 2.45) is 0 Å². The number of thioether (sulfide) groups is 1. The summed E-state index contributed by atoms with van der Waals surface area (Å²) in [6.07, 6.45) is 3.74. The minimum atomic E-state index is 0.247. The van der Waals surface area contributed by atoms with E-state index in [0.717, 1.165) is 11.3 Å². The molecule has 0 amide bonds. The van der Waals surface area contributed by atoms with Crippen molar-refractivity contribution in [3.05, 3.63) is 35.9 Å². The Morgan fingerprint density at radius 3 is 2.60 bits per heavy atom. The normalized spacial score (nSPS) is 10.2. The molecule has 1 aromatic rings. The van der Waals surface area contributed by atoms with Crippen LogP contribution < -0.4 is 0 Å². The average Bonchev–Trinajstić information content (AvgIpc) is 2.30. The van der Waals surface area contributed by atoms with Gasteiger partial charge >= 0.3 is 0 Å². The van der Waals surface area contributed by atoms with E-state index in [4.69, 9.17) is 0 Å². The van der Waals surface area contributed by atoms with Gasteiger partial charge < -0.3 is 0 Å². The minimum Gasteiger partial charge on any atom is -0.293 e.